The van der Waals surface area contributed by atoms with E-state index in [1.165, 1.54) is 6.92 Å². The highest BCUT2D eigenvalue weighted by molar-refractivity contribution is 7.10. The average Bonchev–Trinajstić information content (AvgIpc) is 3.03. The van der Waals surface area contributed by atoms with Crippen molar-refractivity contribution in [1.29, 1.82) is 0 Å². The van der Waals surface area contributed by atoms with Crippen molar-refractivity contribution in [2.45, 2.75) is 19.8 Å². The Kier molecular flexibility index (Phi) is 3.63. The molecule has 3 aromatic heterocycles. The van der Waals surface area contributed by atoms with Crippen LogP contribution < -0.4 is 5.32 Å². The molecule has 8 heteroatoms. The number of anilines is 1. The summed E-state index contributed by atoms with van der Waals surface area (Å²) in [4.78, 5) is 19.4. The zero-order valence-electron chi connectivity index (χ0n) is 12.7. The summed E-state index contributed by atoms with van der Waals surface area (Å²) in [5.41, 5.74) is 2.03. The third-order valence-electron chi connectivity index (χ3n) is 3.34. The van der Waals surface area contributed by atoms with Crippen LogP contribution in [0.1, 0.15) is 18.9 Å². The first-order valence-electron chi connectivity index (χ1n) is 6.82. The molecule has 3 aromatic rings. The van der Waals surface area contributed by atoms with Crippen LogP contribution in [0.15, 0.2) is 23.8 Å². The molecule has 0 aliphatic rings. The fourth-order valence-corrected chi connectivity index (χ4v) is 3.09. The molecule has 5 nitrogen and oxygen atoms in total. The smallest absolute Gasteiger partial charge is 0.296 e. The summed E-state index contributed by atoms with van der Waals surface area (Å²) in [6, 6.07) is 1.72. The summed E-state index contributed by atoms with van der Waals surface area (Å²) in [5, 5.41) is 4.80. The van der Waals surface area contributed by atoms with Crippen LogP contribution in [-0.2, 0) is 17.8 Å². The van der Waals surface area contributed by atoms with Crippen molar-refractivity contribution in [2.75, 3.05) is 5.32 Å². The highest BCUT2D eigenvalue weighted by Gasteiger charge is 2.29. The molecule has 1 amide bonds. The summed E-state index contributed by atoms with van der Waals surface area (Å²) in [6.07, 6.45) is 3.45. The van der Waals surface area contributed by atoms with Crippen molar-refractivity contribution in [3.8, 4) is 11.3 Å². The van der Waals surface area contributed by atoms with Gasteiger partial charge in [-0.05, 0) is 6.07 Å². The number of carbonyl (C=O) groups is 1. The maximum absolute atomic E-state index is 13.4. The second-order valence-corrected chi connectivity index (χ2v) is 6.21. The lowest BCUT2D eigenvalue weighted by Crippen LogP contribution is -2.07. The Balaban J connectivity index is 2.13. The molecule has 3 rings (SSSR count). The van der Waals surface area contributed by atoms with Gasteiger partial charge in [0.1, 0.15) is 5.82 Å². The standard InChI is InChI=1S/C15H14F2N4OS/c1-8(22)19-13-4-9-10(6-21(3)12(9)5-18-13)11-7-23-14(20-11)15(2,16)17/h4-7H,1-3H3,(H,18,19,22). The summed E-state index contributed by atoms with van der Waals surface area (Å²) in [7, 11) is 1.84. The molecule has 0 fully saturated rings. The van der Waals surface area contributed by atoms with Gasteiger partial charge in [0.15, 0.2) is 5.01 Å². The summed E-state index contributed by atoms with van der Waals surface area (Å²) in [5.74, 6) is -2.78. The van der Waals surface area contributed by atoms with Crippen LogP contribution in [-0.4, -0.2) is 20.4 Å². The fourth-order valence-electron chi connectivity index (χ4n) is 2.33. The highest BCUT2D eigenvalue weighted by atomic mass is 32.1. The second kappa shape index (κ2) is 5.38. The van der Waals surface area contributed by atoms with Crippen LogP contribution in [0.5, 0.6) is 0 Å². The first kappa shape index (κ1) is 15.5. The molecule has 0 aromatic carbocycles. The Bertz CT molecular complexity index is 895. The van der Waals surface area contributed by atoms with E-state index in [1.807, 2.05) is 17.8 Å². The molecule has 0 aliphatic heterocycles. The van der Waals surface area contributed by atoms with Crippen molar-refractivity contribution < 1.29 is 13.6 Å². The molecule has 3 heterocycles. The number of aryl methyl sites for hydroxylation is 1. The van der Waals surface area contributed by atoms with E-state index in [2.05, 4.69) is 15.3 Å². The van der Waals surface area contributed by atoms with Crippen LogP contribution in [0.3, 0.4) is 0 Å². The van der Waals surface area contributed by atoms with Crippen LogP contribution in [0.25, 0.3) is 22.2 Å². The normalized spacial score (nSPS) is 11.9. The molecule has 0 radical (unpaired) electrons. The molecular weight excluding hydrogens is 322 g/mol. The number of alkyl halides is 2. The predicted molar refractivity (Wildman–Crippen MR) is 85.7 cm³/mol. The van der Waals surface area contributed by atoms with Crippen molar-refractivity contribution in [3.63, 3.8) is 0 Å². The zero-order chi connectivity index (χ0) is 16.8. The van der Waals surface area contributed by atoms with E-state index in [9.17, 15) is 13.6 Å². The first-order valence-corrected chi connectivity index (χ1v) is 7.70. The maximum Gasteiger partial charge on any atom is 0.296 e. The van der Waals surface area contributed by atoms with Crippen LogP contribution in [0, 0.1) is 0 Å². The van der Waals surface area contributed by atoms with Gasteiger partial charge in [0, 0.05) is 43.4 Å². The number of nitrogens with zero attached hydrogens (tertiary/aromatic N) is 3. The van der Waals surface area contributed by atoms with Gasteiger partial charge in [-0.3, -0.25) is 4.79 Å². The molecule has 0 bridgehead atoms. The SMILES string of the molecule is CC(=O)Nc1cc2c(-c3csc(C(C)(F)F)n3)cn(C)c2cn1. The number of rotatable bonds is 3. The van der Waals surface area contributed by atoms with Gasteiger partial charge in [0.2, 0.25) is 5.91 Å². The molecule has 0 saturated heterocycles. The molecule has 0 spiro atoms. The number of carbonyl (C=O) groups excluding carboxylic acids is 1. The predicted octanol–water partition coefficient (Wildman–Crippen LogP) is 3.77. The average molecular weight is 336 g/mol. The van der Waals surface area contributed by atoms with E-state index in [0.717, 1.165) is 34.7 Å². The second-order valence-electron chi connectivity index (χ2n) is 5.35. The molecule has 1 N–H and O–H groups in total. The molecule has 0 aliphatic carbocycles. The van der Waals surface area contributed by atoms with Gasteiger partial charge < -0.3 is 9.88 Å². The van der Waals surface area contributed by atoms with Gasteiger partial charge in [-0.25, -0.2) is 9.97 Å². The van der Waals surface area contributed by atoms with Gasteiger partial charge in [-0.15, -0.1) is 11.3 Å². The number of hydrogen-bond acceptors (Lipinski definition) is 4. The van der Waals surface area contributed by atoms with Crippen molar-refractivity contribution in [2.24, 2.45) is 7.05 Å². The number of hydrogen-bond donors (Lipinski definition) is 1. The Hall–Kier alpha value is -2.35. The van der Waals surface area contributed by atoms with E-state index in [4.69, 9.17) is 0 Å². The zero-order valence-corrected chi connectivity index (χ0v) is 13.5. The van der Waals surface area contributed by atoms with Crippen LogP contribution in [0.2, 0.25) is 0 Å². The minimum Gasteiger partial charge on any atom is -0.349 e. The Morgan fingerprint density at radius 3 is 2.78 bits per heavy atom. The number of amides is 1. The van der Waals surface area contributed by atoms with Crippen molar-refractivity contribution in [1.82, 2.24) is 14.5 Å². The lowest BCUT2D eigenvalue weighted by Gasteiger charge is -2.04. The van der Waals surface area contributed by atoms with E-state index in [1.54, 1.807) is 17.6 Å². The summed E-state index contributed by atoms with van der Waals surface area (Å²) < 4.78 is 28.6. The molecule has 0 unspecified atom stereocenters. The molecule has 0 atom stereocenters. The van der Waals surface area contributed by atoms with Crippen LogP contribution in [0.4, 0.5) is 14.6 Å². The van der Waals surface area contributed by atoms with E-state index >= 15 is 0 Å². The lowest BCUT2D eigenvalue weighted by molar-refractivity contribution is -0.114. The molecule has 23 heavy (non-hydrogen) atoms. The maximum atomic E-state index is 13.4. The Morgan fingerprint density at radius 2 is 2.17 bits per heavy atom. The highest BCUT2D eigenvalue weighted by Crippen LogP contribution is 2.36. The first-order chi connectivity index (χ1) is 10.8. The van der Waals surface area contributed by atoms with Crippen molar-refractivity contribution >= 4 is 34.0 Å². The number of thiazole rings is 1. The minimum absolute atomic E-state index is 0.222. The number of aromatic nitrogens is 3. The topological polar surface area (TPSA) is 59.8 Å². The van der Waals surface area contributed by atoms with E-state index < -0.39 is 5.92 Å². The fraction of sp³-hybridized carbons (Fsp3) is 0.267. The molecule has 0 saturated carbocycles. The van der Waals surface area contributed by atoms with Crippen molar-refractivity contribution in [3.05, 3.63) is 28.8 Å². The van der Waals surface area contributed by atoms with Crippen LogP contribution >= 0.6 is 11.3 Å². The summed E-state index contributed by atoms with van der Waals surface area (Å²) >= 11 is 0.928. The number of halogens is 2. The molecule has 120 valence electrons. The van der Waals surface area contributed by atoms with Gasteiger partial charge >= 0.3 is 0 Å². The largest absolute Gasteiger partial charge is 0.349 e. The van der Waals surface area contributed by atoms with Gasteiger partial charge in [-0.1, -0.05) is 0 Å². The summed E-state index contributed by atoms with van der Waals surface area (Å²) in [6.45, 7) is 2.23. The van der Waals surface area contributed by atoms with Gasteiger partial charge in [0.05, 0.1) is 17.4 Å². The van der Waals surface area contributed by atoms with Gasteiger partial charge in [-0.2, -0.15) is 8.78 Å². The third kappa shape index (κ3) is 2.94. The van der Waals surface area contributed by atoms with Gasteiger partial charge in [0.25, 0.3) is 5.92 Å². The Morgan fingerprint density at radius 1 is 1.43 bits per heavy atom. The Labute approximate surface area is 135 Å². The molecular formula is C15H14F2N4OS. The monoisotopic (exact) mass is 336 g/mol. The van der Waals surface area contributed by atoms with E-state index in [0.29, 0.717) is 11.5 Å². The third-order valence-corrected chi connectivity index (χ3v) is 4.35. The number of fused-ring (bicyclic) bond motifs is 1. The number of pyridine rings is 1. The van der Waals surface area contributed by atoms with E-state index in [-0.39, 0.29) is 10.9 Å². The lowest BCUT2D eigenvalue weighted by atomic mass is 10.1. The number of nitrogens with one attached hydrogen (secondary N) is 1. The minimum atomic E-state index is -2.96. The quantitative estimate of drug-likeness (QED) is 0.792.